The molecule has 82 heavy (non-hydrogen) atoms. The first-order valence-electron chi connectivity index (χ1n) is 26.4. The highest BCUT2D eigenvalue weighted by atomic mass is 32.1. The van der Waals surface area contributed by atoms with E-state index in [1.54, 1.807) is 56.3 Å². The number of amides is 9. The summed E-state index contributed by atoms with van der Waals surface area (Å²) in [6.45, 7) is 3.18. The Kier molecular flexibility index (Phi) is 31.6. The van der Waals surface area contributed by atoms with Crippen molar-refractivity contribution < 1.29 is 48.3 Å². The smallest absolute Gasteiger partial charge is 0.245 e. The van der Waals surface area contributed by atoms with Crippen molar-refractivity contribution in [3.63, 3.8) is 0 Å². The molecule has 0 aromatic heterocycles. The van der Waals surface area contributed by atoms with Crippen LogP contribution in [0.3, 0.4) is 0 Å². The van der Waals surface area contributed by atoms with Crippen molar-refractivity contribution >= 4 is 96.3 Å². The van der Waals surface area contributed by atoms with Crippen LogP contribution in [0.25, 0.3) is 0 Å². The Hall–Kier alpha value is -8.06. The number of guanidine groups is 3. The lowest BCUT2D eigenvalue weighted by Gasteiger charge is -2.33. The van der Waals surface area contributed by atoms with Gasteiger partial charge >= 0.3 is 0 Å². The molecular formula is C51H83N19O10S2. The van der Waals surface area contributed by atoms with Gasteiger partial charge in [-0.2, -0.15) is 25.3 Å². The molecule has 31 heteroatoms. The number of carbonyl (C=O) groups is 9. The number of aromatic hydroxyl groups is 1. The Morgan fingerprint density at radius 1 is 0.537 bits per heavy atom. The monoisotopic (exact) mass is 1190 g/mol. The van der Waals surface area contributed by atoms with E-state index in [2.05, 4.69) is 77.5 Å². The summed E-state index contributed by atoms with van der Waals surface area (Å²) in [5, 5.41) is 27.7. The number of hydrogen-bond acceptors (Lipinski definition) is 16. The largest absolute Gasteiger partial charge is 0.508 e. The summed E-state index contributed by atoms with van der Waals surface area (Å²) in [6, 6.07) is 4.49. The number of nitrogens with two attached hydrogens (primary N) is 8. The van der Waals surface area contributed by atoms with Gasteiger partial charge in [-0.3, -0.25) is 58.1 Å². The number of hydrogen-bond donors (Lipinski definition) is 18. The van der Waals surface area contributed by atoms with Crippen LogP contribution in [0.15, 0.2) is 69.6 Å². The van der Waals surface area contributed by atoms with Crippen LogP contribution < -0.4 is 83.1 Å². The molecule has 8 atom stereocenters. The number of rotatable bonds is 37. The second-order valence-corrected chi connectivity index (χ2v) is 20.2. The molecule has 0 heterocycles. The number of benzene rings is 2. The highest BCUT2D eigenvalue weighted by Gasteiger charge is 2.36. The highest BCUT2D eigenvalue weighted by Crippen LogP contribution is 2.15. The van der Waals surface area contributed by atoms with Crippen LogP contribution in [0.1, 0.15) is 69.9 Å². The summed E-state index contributed by atoms with van der Waals surface area (Å²) in [4.78, 5) is 136. The third kappa shape index (κ3) is 26.9. The van der Waals surface area contributed by atoms with E-state index in [0.717, 1.165) is 4.90 Å². The Labute approximate surface area is 487 Å². The van der Waals surface area contributed by atoms with E-state index in [4.69, 9.17) is 45.9 Å². The van der Waals surface area contributed by atoms with Gasteiger partial charge in [0.2, 0.25) is 53.2 Å². The van der Waals surface area contributed by atoms with Gasteiger partial charge in [-0.05, 0) is 80.5 Å². The fraction of sp³-hybridized carbons (Fsp3) is 0.529. The molecule has 0 unspecified atom stereocenters. The van der Waals surface area contributed by atoms with Crippen molar-refractivity contribution in [2.75, 3.05) is 44.7 Å². The van der Waals surface area contributed by atoms with Gasteiger partial charge in [0.15, 0.2) is 17.9 Å². The minimum atomic E-state index is -1.44. The number of nitrogens with one attached hydrogen (secondary N) is 7. The number of primary amides is 1. The molecule has 0 bridgehead atoms. The third-order valence-corrected chi connectivity index (χ3v) is 13.0. The standard InChI is InChI=1S/C51H83N19O10S2/c1-28(2)22-35(44(76)65-33(41(53)73)12-7-19-60-49(54)55)67-47(79)39(14-9-21-62-51(58)59)70(3)48(80)34(13-8-20-61-50(56)57)66-46(78)38(27-82)69-45(77)36(24-29-10-5-4-6-11-29)64-40(72)25-63-43(75)37(26-81)68-42(74)32(52)23-30-15-17-31(71)18-16-30/h4-6,10-11,15-18,28,32-39,71,81-82H,7-9,12-14,19-27,52H2,1-3H3,(H2,53,73)(H,63,75)(H,64,72)(H,65,76)(H,66,78)(H,67,79)(H,68,74)(H,69,77)(H4,54,55,60)(H4,56,57,61)(H4,58,59,62)/t32-,33-,34-,35+,36-,37+,38-,39-/m0/s1. The summed E-state index contributed by atoms with van der Waals surface area (Å²) in [7, 11) is 1.32. The van der Waals surface area contributed by atoms with E-state index in [1.807, 2.05) is 0 Å². The molecule has 0 saturated carbocycles. The van der Waals surface area contributed by atoms with E-state index in [-0.39, 0.29) is 118 Å². The third-order valence-electron chi connectivity index (χ3n) is 12.3. The van der Waals surface area contributed by atoms with Gasteiger partial charge in [-0.1, -0.05) is 56.3 Å². The second-order valence-electron chi connectivity index (χ2n) is 19.5. The van der Waals surface area contributed by atoms with Gasteiger partial charge < -0.3 is 93.1 Å². The SMILES string of the molecule is CC(C)C[C@@H](NC(=O)[C@H](CCCN=C(N)N)N(C)C(=O)[C@H](CCCN=C(N)N)NC(=O)[C@H](CS)NC(=O)[C@H](Cc1ccccc1)NC(=O)CNC(=O)[C@@H](CS)NC(=O)[C@@H](N)Cc1ccc(O)cc1)C(=O)N[C@@H](CCCN=C(N)N)C(N)=O. The maximum Gasteiger partial charge on any atom is 0.245 e. The maximum absolute atomic E-state index is 14.7. The molecule has 0 aliphatic heterocycles. The molecule has 9 amide bonds. The lowest BCUT2D eigenvalue weighted by Crippen LogP contribution is -2.60. The van der Waals surface area contributed by atoms with Gasteiger partial charge in [0.1, 0.15) is 48.0 Å². The molecule has 2 aromatic rings. The van der Waals surface area contributed by atoms with Crippen LogP contribution in [-0.2, 0) is 56.0 Å². The van der Waals surface area contributed by atoms with Crippen molar-refractivity contribution in [3.8, 4) is 5.75 Å². The second kappa shape index (κ2) is 37.0. The molecule has 2 rings (SSSR count). The summed E-state index contributed by atoms with van der Waals surface area (Å²) in [5.41, 5.74) is 46.0. The minimum Gasteiger partial charge on any atom is -0.508 e. The highest BCUT2D eigenvalue weighted by molar-refractivity contribution is 7.80. The fourth-order valence-electron chi connectivity index (χ4n) is 7.97. The van der Waals surface area contributed by atoms with Crippen LogP contribution >= 0.6 is 25.3 Å². The summed E-state index contributed by atoms with van der Waals surface area (Å²) in [5.74, 6) is -8.37. The maximum atomic E-state index is 14.7. The number of carbonyl (C=O) groups excluding carboxylic acids is 9. The quantitative estimate of drug-likeness (QED) is 0.0130. The normalized spacial score (nSPS) is 13.8. The molecule has 29 nitrogen and oxygen atoms in total. The van der Waals surface area contributed by atoms with Crippen LogP contribution in [0.2, 0.25) is 0 Å². The topological polar surface area (TPSA) is 507 Å². The zero-order valence-corrected chi connectivity index (χ0v) is 48.2. The minimum absolute atomic E-state index is 0.0228. The molecule has 0 spiro atoms. The first-order valence-corrected chi connectivity index (χ1v) is 27.6. The van der Waals surface area contributed by atoms with E-state index >= 15 is 0 Å². The zero-order valence-electron chi connectivity index (χ0n) is 46.4. The molecule has 0 fully saturated rings. The van der Waals surface area contributed by atoms with E-state index in [9.17, 15) is 48.3 Å². The van der Waals surface area contributed by atoms with Crippen molar-refractivity contribution in [2.45, 2.75) is 120 Å². The first-order chi connectivity index (χ1) is 38.8. The predicted molar refractivity (Wildman–Crippen MR) is 317 cm³/mol. The fourth-order valence-corrected chi connectivity index (χ4v) is 8.49. The van der Waals surface area contributed by atoms with E-state index in [0.29, 0.717) is 11.1 Å². The van der Waals surface area contributed by atoms with Crippen LogP contribution in [0.4, 0.5) is 0 Å². The Morgan fingerprint density at radius 2 is 0.988 bits per heavy atom. The molecular weight excluding hydrogens is 1100 g/mol. The number of likely N-dealkylation sites (N-methyl/N-ethyl adjacent to an activating group) is 1. The molecule has 0 aliphatic rings. The molecule has 0 aliphatic carbocycles. The average molecular weight is 1190 g/mol. The summed E-state index contributed by atoms with van der Waals surface area (Å²) >= 11 is 8.51. The van der Waals surface area contributed by atoms with Crippen molar-refractivity contribution in [3.05, 3.63) is 65.7 Å². The van der Waals surface area contributed by atoms with Crippen molar-refractivity contribution in [1.82, 2.24) is 42.1 Å². The van der Waals surface area contributed by atoms with Crippen molar-refractivity contribution in [2.24, 2.45) is 66.8 Å². The molecule has 0 radical (unpaired) electrons. The zero-order chi connectivity index (χ0) is 61.5. The van der Waals surface area contributed by atoms with Crippen LogP contribution in [0.5, 0.6) is 5.75 Å². The first kappa shape index (κ1) is 70.0. The summed E-state index contributed by atoms with van der Waals surface area (Å²) < 4.78 is 0. The van der Waals surface area contributed by atoms with Gasteiger partial charge in [0, 0.05) is 44.6 Å². The number of thiol groups is 2. The van der Waals surface area contributed by atoms with E-state index < -0.39 is 108 Å². The Bertz CT molecular complexity index is 2510. The van der Waals surface area contributed by atoms with Gasteiger partial charge in [-0.25, -0.2) is 0 Å². The molecule has 0 saturated heterocycles. The lowest BCUT2D eigenvalue weighted by molar-refractivity contribution is -0.143. The molecule has 454 valence electrons. The summed E-state index contributed by atoms with van der Waals surface area (Å²) in [6.07, 6.45) is 0.600. The molecule has 24 N–H and O–H groups in total. The number of aliphatic imine (C=N–C) groups is 3. The van der Waals surface area contributed by atoms with Crippen molar-refractivity contribution in [1.29, 1.82) is 0 Å². The van der Waals surface area contributed by atoms with Crippen LogP contribution in [0, 0.1) is 5.92 Å². The molecule has 2 aromatic carbocycles. The Balaban J connectivity index is 2.39. The van der Waals surface area contributed by atoms with Crippen LogP contribution in [-0.4, -0.2) is 174 Å². The van der Waals surface area contributed by atoms with Gasteiger partial charge in [0.25, 0.3) is 0 Å². The van der Waals surface area contributed by atoms with E-state index in [1.165, 1.54) is 19.2 Å². The number of phenols is 1. The Morgan fingerprint density at radius 3 is 1.51 bits per heavy atom. The lowest BCUT2D eigenvalue weighted by atomic mass is 10.0. The van der Waals surface area contributed by atoms with Gasteiger partial charge in [0.05, 0.1) is 12.6 Å². The predicted octanol–water partition coefficient (Wildman–Crippen LogP) is -5.09. The average Bonchev–Trinajstić information content (AvgIpc) is 3.51. The van der Waals surface area contributed by atoms with Gasteiger partial charge in [-0.15, -0.1) is 0 Å². The number of phenolic OH excluding ortho intramolecular Hbond substituents is 1. The number of nitrogens with zero attached hydrogens (tertiary/aromatic N) is 4.